The summed E-state index contributed by atoms with van der Waals surface area (Å²) in [6.45, 7) is 6.32. The number of anilines is 1. The average Bonchev–Trinajstić information content (AvgIpc) is 2.30. The minimum absolute atomic E-state index is 0.491. The van der Waals surface area contributed by atoms with E-state index in [1.807, 2.05) is 24.7 Å². The minimum atomic E-state index is 0.491. The first-order valence-electron chi connectivity index (χ1n) is 4.40. The largest absolute Gasteiger partial charge is 0.353 e. The highest BCUT2D eigenvalue weighted by Gasteiger charge is 2.03. The topological polar surface area (TPSA) is 29.9 Å². The van der Waals surface area contributed by atoms with Crippen LogP contribution in [-0.4, -0.2) is 15.6 Å². The van der Waals surface area contributed by atoms with Crippen LogP contribution < -0.4 is 5.32 Å². The van der Waals surface area contributed by atoms with Gasteiger partial charge in [-0.25, -0.2) is 4.98 Å². The molecule has 0 aliphatic heterocycles. The maximum Gasteiger partial charge on any atom is 0.202 e. The van der Waals surface area contributed by atoms with Crippen LogP contribution in [-0.2, 0) is 7.05 Å². The molecule has 12 heavy (non-hydrogen) atoms. The summed E-state index contributed by atoms with van der Waals surface area (Å²) in [5, 5.41) is 3.33. The summed E-state index contributed by atoms with van der Waals surface area (Å²) in [6.07, 6.45) is 3.14. The van der Waals surface area contributed by atoms with Gasteiger partial charge in [0.1, 0.15) is 0 Å². The summed E-state index contributed by atoms with van der Waals surface area (Å²) in [6, 6.07) is 0.491. The SMILES string of the molecule is CCC(C)Nc1nc(C)cn1C. The van der Waals surface area contributed by atoms with Crippen molar-refractivity contribution < 1.29 is 0 Å². The van der Waals surface area contributed by atoms with Gasteiger partial charge in [0.2, 0.25) is 5.95 Å². The minimum Gasteiger partial charge on any atom is -0.353 e. The highest BCUT2D eigenvalue weighted by Crippen LogP contribution is 2.07. The van der Waals surface area contributed by atoms with Crippen molar-refractivity contribution in [2.24, 2.45) is 7.05 Å². The Balaban J connectivity index is 2.68. The van der Waals surface area contributed by atoms with E-state index >= 15 is 0 Å². The standard InChI is InChI=1S/C9H17N3/c1-5-7(2)10-9-11-8(3)6-12(9)4/h6-7H,5H2,1-4H3,(H,10,11). The summed E-state index contributed by atoms with van der Waals surface area (Å²) >= 11 is 0. The van der Waals surface area contributed by atoms with E-state index in [0.717, 1.165) is 18.1 Å². The Kier molecular flexibility index (Phi) is 2.74. The molecule has 0 aromatic carbocycles. The van der Waals surface area contributed by atoms with Crippen LogP contribution in [0.1, 0.15) is 26.0 Å². The van der Waals surface area contributed by atoms with Crippen LogP contribution >= 0.6 is 0 Å². The van der Waals surface area contributed by atoms with Crippen molar-refractivity contribution >= 4 is 5.95 Å². The molecule has 1 aromatic rings. The molecule has 1 unspecified atom stereocenters. The fourth-order valence-electron chi connectivity index (χ4n) is 1.07. The van der Waals surface area contributed by atoms with Crippen molar-refractivity contribution in [3.8, 4) is 0 Å². The molecule has 1 aromatic heterocycles. The monoisotopic (exact) mass is 167 g/mol. The summed E-state index contributed by atoms with van der Waals surface area (Å²) in [5.41, 5.74) is 1.06. The molecule has 1 rings (SSSR count). The third-order valence-electron chi connectivity index (χ3n) is 1.98. The first kappa shape index (κ1) is 9.10. The third kappa shape index (κ3) is 2.00. The summed E-state index contributed by atoms with van der Waals surface area (Å²) < 4.78 is 2.02. The van der Waals surface area contributed by atoms with Crippen molar-refractivity contribution in [2.45, 2.75) is 33.2 Å². The summed E-state index contributed by atoms with van der Waals surface area (Å²) in [7, 11) is 2.00. The van der Waals surface area contributed by atoms with Gasteiger partial charge in [-0.2, -0.15) is 0 Å². The molecule has 0 bridgehead atoms. The number of hydrogen-bond acceptors (Lipinski definition) is 2. The van der Waals surface area contributed by atoms with Gasteiger partial charge < -0.3 is 9.88 Å². The molecule has 0 spiro atoms. The molecule has 68 valence electrons. The van der Waals surface area contributed by atoms with E-state index in [1.165, 1.54) is 0 Å². The molecule has 1 N–H and O–H groups in total. The number of imidazole rings is 1. The quantitative estimate of drug-likeness (QED) is 0.745. The van der Waals surface area contributed by atoms with E-state index in [1.54, 1.807) is 0 Å². The van der Waals surface area contributed by atoms with Gasteiger partial charge in [-0.05, 0) is 20.3 Å². The van der Waals surface area contributed by atoms with Crippen molar-refractivity contribution in [1.29, 1.82) is 0 Å². The second-order valence-corrected chi connectivity index (χ2v) is 3.27. The number of hydrogen-bond donors (Lipinski definition) is 1. The number of nitrogens with one attached hydrogen (secondary N) is 1. The Bertz CT molecular complexity index is 252. The van der Waals surface area contributed by atoms with Gasteiger partial charge in [-0.1, -0.05) is 6.92 Å². The Morgan fingerprint density at radius 1 is 1.67 bits per heavy atom. The van der Waals surface area contributed by atoms with Crippen LogP contribution in [0.2, 0.25) is 0 Å². The Hall–Kier alpha value is -0.990. The highest BCUT2D eigenvalue weighted by molar-refractivity contribution is 5.29. The lowest BCUT2D eigenvalue weighted by Gasteiger charge is -2.11. The predicted molar refractivity (Wildman–Crippen MR) is 51.3 cm³/mol. The molecule has 1 heterocycles. The molecule has 1 atom stereocenters. The van der Waals surface area contributed by atoms with Crippen molar-refractivity contribution in [3.05, 3.63) is 11.9 Å². The fourth-order valence-corrected chi connectivity index (χ4v) is 1.07. The van der Waals surface area contributed by atoms with Gasteiger partial charge in [0, 0.05) is 19.3 Å². The molecule has 0 radical (unpaired) electrons. The van der Waals surface area contributed by atoms with Crippen LogP contribution in [0.15, 0.2) is 6.20 Å². The lowest BCUT2D eigenvalue weighted by atomic mass is 10.3. The molecule has 3 nitrogen and oxygen atoms in total. The predicted octanol–water partition coefficient (Wildman–Crippen LogP) is 1.94. The van der Waals surface area contributed by atoms with Gasteiger partial charge >= 0.3 is 0 Å². The van der Waals surface area contributed by atoms with Gasteiger partial charge in [0.15, 0.2) is 0 Å². The van der Waals surface area contributed by atoms with E-state index < -0.39 is 0 Å². The van der Waals surface area contributed by atoms with Crippen LogP contribution in [0.5, 0.6) is 0 Å². The summed E-state index contributed by atoms with van der Waals surface area (Å²) in [4.78, 5) is 4.35. The molecule has 0 fully saturated rings. The number of aryl methyl sites for hydroxylation is 2. The van der Waals surface area contributed by atoms with Crippen LogP contribution in [0.25, 0.3) is 0 Å². The van der Waals surface area contributed by atoms with Crippen LogP contribution in [0, 0.1) is 6.92 Å². The number of rotatable bonds is 3. The lowest BCUT2D eigenvalue weighted by molar-refractivity contribution is 0.740. The third-order valence-corrected chi connectivity index (χ3v) is 1.98. The molecular weight excluding hydrogens is 150 g/mol. The van der Waals surface area contributed by atoms with Crippen molar-refractivity contribution in [1.82, 2.24) is 9.55 Å². The van der Waals surface area contributed by atoms with E-state index in [-0.39, 0.29) is 0 Å². The summed E-state index contributed by atoms with van der Waals surface area (Å²) in [5.74, 6) is 0.960. The van der Waals surface area contributed by atoms with E-state index in [2.05, 4.69) is 24.1 Å². The van der Waals surface area contributed by atoms with Crippen LogP contribution in [0.4, 0.5) is 5.95 Å². The molecule has 0 aliphatic carbocycles. The first-order chi connectivity index (χ1) is 5.63. The molecule has 3 heteroatoms. The van der Waals surface area contributed by atoms with Gasteiger partial charge in [-0.3, -0.25) is 0 Å². The van der Waals surface area contributed by atoms with Gasteiger partial charge in [0.25, 0.3) is 0 Å². The van der Waals surface area contributed by atoms with E-state index in [9.17, 15) is 0 Å². The second kappa shape index (κ2) is 3.61. The molecule has 0 saturated heterocycles. The molecule has 0 aliphatic rings. The Morgan fingerprint density at radius 2 is 2.33 bits per heavy atom. The maximum atomic E-state index is 4.35. The molecular formula is C9H17N3. The van der Waals surface area contributed by atoms with Crippen LogP contribution in [0.3, 0.4) is 0 Å². The zero-order valence-electron chi connectivity index (χ0n) is 8.26. The maximum absolute atomic E-state index is 4.35. The highest BCUT2D eigenvalue weighted by atomic mass is 15.2. The van der Waals surface area contributed by atoms with E-state index in [0.29, 0.717) is 6.04 Å². The molecule has 0 saturated carbocycles. The van der Waals surface area contributed by atoms with Crippen molar-refractivity contribution in [3.63, 3.8) is 0 Å². The Morgan fingerprint density at radius 3 is 2.75 bits per heavy atom. The smallest absolute Gasteiger partial charge is 0.202 e. The van der Waals surface area contributed by atoms with Gasteiger partial charge in [-0.15, -0.1) is 0 Å². The molecule has 0 amide bonds. The normalized spacial score (nSPS) is 13.0. The first-order valence-corrected chi connectivity index (χ1v) is 4.40. The average molecular weight is 167 g/mol. The zero-order valence-corrected chi connectivity index (χ0v) is 8.26. The number of aromatic nitrogens is 2. The second-order valence-electron chi connectivity index (χ2n) is 3.27. The lowest BCUT2D eigenvalue weighted by Crippen LogP contribution is -2.16. The zero-order chi connectivity index (χ0) is 9.14. The van der Waals surface area contributed by atoms with Crippen molar-refractivity contribution in [2.75, 3.05) is 5.32 Å². The fraction of sp³-hybridized carbons (Fsp3) is 0.667. The Labute approximate surface area is 73.8 Å². The van der Waals surface area contributed by atoms with Gasteiger partial charge in [0.05, 0.1) is 5.69 Å². The number of nitrogens with zero attached hydrogens (tertiary/aromatic N) is 2. The van der Waals surface area contributed by atoms with E-state index in [4.69, 9.17) is 0 Å².